The molecular formula is C26H21FN4O2. The second kappa shape index (κ2) is 8.35. The van der Waals surface area contributed by atoms with E-state index in [1.54, 1.807) is 48.3 Å². The first-order valence-corrected chi connectivity index (χ1v) is 10.5. The molecule has 5 rings (SSSR count). The van der Waals surface area contributed by atoms with Crippen LogP contribution in [0.2, 0.25) is 0 Å². The minimum absolute atomic E-state index is 0.0464. The third-order valence-corrected chi connectivity index (χ3v) is 5.51. The topological polar surface area (TPSA) is 69.0 Å². The Morgan fingerprint density at radius 2 is 1.88 bits per heavy atom. The van der Waals surface area contributed by atoms with E-state index in [0.717, 1.165) is 16.5 Å². The van der Waals surface area contributed by atoms with Crippen LogP contribution in [-0.2, 0) is 11.3 Å². The second-order valence-corrected chi connectivity index (χ2v) is 7.83. The summed E-state index contributed by atoms with van der Waals surface area (Å²) in [4.78, 5) is 17.4. The first-order valence-electron chi connectivity index (χ1n) is 10.5. The Kier molecular flexibility index (Phi) is 5.22. The molecule has 6 nitrogen and oxygen atoms in total. The average Bonchev–Trinajstić information content (AvgIpc) is 3.18. The summed E-state index contributed by atoms with van der Waals surface area (Å²) >= 11 is 0. The first kappa shape index (κ1) is 20.6. The lowest BCUT2D eigenvalue weighted by molar-refractivity contribution is -0.116. The molecule has 0 fully saturated rings. The van der Waals surface area contributed by atoms with Crippen molar-refractivity contribution in [2.45, 2.75) is 13.5 Å². The van der Waals surface area contributed by atoms with Crippen molar-refractivity contribution in [1.82, 2.24) is 14.8 Å². The number of hydrogen-bond acceptors (Lipinski definition) is 4. The van der Waals surface area contributed by atoms with Crippen LogP contribution in [0.15, 0.2) is 72.9 Å². The molecule has 0 aliphatic heterocycles. The largest absolute Gasteiger partial charge is 0.497 e. The summed E-state index contributed by atoms with van der Waals surface area (Å²) in [5.74, 6) is 0.0123. The van der Waals surface area contributed by atoms with Gasteiger partial charge in [-0.3, -0.25) is 14.5 Å². The number of carbonyl (C=O) groups is 1. The van der Waals surface area contributed by atoms with Crippen LogP contribution in [0.25, 0.3) is 33.1 Å². The number of fused-ring (bicyclic) bond motifs is 3. The van der Waals surface area contributed by atoms with Crippen molar-refractivity contribution in [3.8, 4) is 17.0 Å². The number of pyridine rings is 1. The molecule has 0 spiro atoms. The van der Waals surface area contributed by atoms with E-state index in [-0.39, 0.29) is 18.3 Å². The zero-order valence-corrected chi connectivity index (χ0v) is 18.2. The molecule has 2 aromatic heterocycles. The van der Waals surface area contributed by atoms with Crippen LogP contribution in [0, 0.1) is 12.7 Å². The number of anilines is 1. The summed E-state index contributed by atoms with van der Waals surface area (Å²) in [5.41, 5.74) is 4.63. The normalized spacial score (nSPS) is 11.1. The number of methoxy groups -OCH3 is 1. The Labute approximate surface area is 189 Å². The number of nitrogens with zero attached hydrogens (tertiary/aromatic N) is 3. The van der Waals surface area contributed by atoms with E-state index in [9.17, 15) is 9.18 Å². The standard InChI is InChI=1S/C26H21FN4O2/c1-16-6-8-17(9-7-16)25-22-14-28-23-11-10-18(27)12-21(23)26(22)31(30-25)15-24(32)29-19-4-3-5-20(13-19)33-2/h3-14H,15H2,1-2H3,(H,29,32). The number of halogens is 1. The molecule has 33 heavy (non-hydrogen) atoms. The fourth-order valence-electron chi connectivity index (χ4n) is 3.90. The van der Waals surface area contributed by atoms with Crippen molar-refractivity contribution in [3.63, 3.8) is 0 Å². The highest BCUT2D eigenvalue weighted by Gasteiger charge is 2.18. The molecule has 2 heterocycles. The highest BCUT2D eigenvalue weighted by molar-refractivity contribution is 6.08. The highest BCUT2D eigenvalue weighted by atomic mass is 19.1. The quantitative estimate of drug-likeness (QED) is 0.400. The summed E-state index contributed by atoms with van der Waals surface area (Å²) in [7, 11) is 1.57. The molecule has 0 bridgehead atoms. The van der Waals surface area contributed by atoms with Crippen LogP contribution < -0.4 is 10.1 Å². The molecule has 0 radical (unpaired) electrons. The Hall–Kier alpha value is -4.26. The summed E-state index contributed by atoms with van der Waals surface area (Å²) in [5, 5.41) is 8.99. The molecule has 3 aromatic carbocycles. The lowest BCUT2D eigenvalue weighted by Crippen LogP contribution is -2.19. The molecule has 1 N–H and O–H groups in total. The van der Waals surface area contributed by atoms with E-state index in [4.69, 9.17) is 9.84 Å². The maximum Gasteiger partial charge on any atom is 0.246 e. The maximum absolute atomic E-state index is 14.1. The van der Waals surface area contributed by atoms with Crippen molar-refractivity contribution < 1.29 is 13.9 Å². The van der Waals surface area contributed by atoms with E-state index in [1.807, 2.05) is 31.2 Å². The predicted molar refractivity (Wildman–Crippen MR) is 127 cm³/mol. The molecule has 164 valence electrons. The summed E-state index contributed by atoms with van der Waals surface area (Å²) in [6.07, 6.45) is 1.73. The molecule has 7 heteroatoms. The Morgan fingerprint density at radius 3 is 2.67 bits per heavy atom. The van der Waals surface area contributed by atoms with Crippen LogP contribution in [0.5, 0.6) is 5.75 Å². The monoisotopic (exact) mass is 440 g/mol. The summed E-state index contributed by atoms with van der Waals surface area (Å²) in [6, 6.07) is 19.5. The van der Waals surface area contributed by atoms with Gasteiger partial charge in [-0.1, -0.05) is 35.9 Å². The fraction of sp³-hybridized carbons (Fsp3) is 0.115. The van der Waals surface area contributed by atoms with Gasteiger partial charge in [0.2, 0.25) is 5.91 Å². The van der Waals surface area contributed by atoms with Gasteiger partial charge in [0.25, 0.3) is 0 Å². The molecule has 0 aliphatic carbocycles. The number of amides is 1. The summed E-state index contributed by atoms with van der Waals surface area (Å²) in [6.45, 7) is 1.97. The van der Waals surface area contributed by atoms with Gasteiger partial charge in [0.1, 0.15) is 23.8 Å². The lowest BCUT2D eigenvalue weighted by Gasteiger charge is -2.09. The Morgan fingerprint density at radius 1 is 1.06 bits per heavy atom. The van der Waals surface area contributed by atoms with Gasteiger partial charge in [0, 0.05) is 34.3 Å². The molecule has 0 saturated carbocycles. The SMILES string of the molecule is COc1cccc(NC(=O)Cn2nc(-c3ccc(C)cc3)c3cnc4ccc(F)cc4c32)c1. The molecule has 0 aliphatic rings. The van der Waals surface area contributed by atoms with Crippen LogP contribution in [-0.4, -0.2) is 27.8 Å². The van der Waals surface area contributed by atoms with Gasteiger partial charge in [-0.15, -0.1) is 0 Å². The van der Waals surface area contributed by atoms with Crippen molar-refractivity contribution in [3.05, 3.63) is 84.3 Å². The zero-order valence-electron chi connectivity index (χ0n) is 18.2. The third kappa shape index (κ3) is 4.01. The van der Waals surface area contributed by atoms with E-state index in [2.05, 4.69) is 10.3 Å². The molecule has 1 amide bonds. The lowest BCUT2D eigenvalue weighted by atomic mass is 10.1. The Bertz CT molecular complexity index is 1490. The number of rotatable bonds is 5. The molecule has 0 saturated heterocycles. The number of nitrogens with one attached hydrogen (secondary N) is 1. The average molecular weight is 440 g/mol. The van der Waals surface area contributed by atoms with Gasteiger partial charge in [0.15, 0.2) is 0 Å². The molecular weight excluding hydrogens is 419 g/mol. The second-order valence-electron chi connectivity index (χ2n) is 7.83. The number of aryl methyl sites for hydroxylation is 1. The molecule has 0 unspecified atom stereocenters. The number of benzene rings is 3. The van der Waals surface area contributed by atoms with Crippen molar-refractivity contribution >= 4 is 33.4 Å². The van der Waals surface area contributed by atoms with Gasteiger partial charge in [-0.2, -0.15) is 5.10 Å². The maximum atomic E-state index is 14.1. The van der Waals surface area contributed by atoms with Crippen LogP contribution in [0.4, 0.5) is 10.1 Å². The zero-order chi connectivity index (χ0) is 22.9. The van der Waals surface area contributed by atoms with E-state index in [0.29, 0.717) is 33.6 Å². The van der Waals surface area contributed by atoms with Gasteiger partial charge in [-0.05, 0) is 37.3 Å². The summed E-state index contributed by atoms with van der Waals surface area (Å²) < 4.78 is 21.0. The van der Waals surface area contributed by atoms with Crippen LogP contribution in [0.3, 0.4) is 0 Å². The van der Waals surface area contributed by atoms with Crippen molar-refractivity contribution in [2.75, 3.05) is 12.4 Å². The fourth-order valence-corrected chi connectivity index (χ4v) is 3.90. The highest BCUT2D eigenvalue weighted by Crippen LogP contribution is 2.32. The third-order valence-electron chi connectivity index (χ3n) is 5.51. The van der Waals surface area contributed by atoms with E-state index in [1.165, 1.54) is 12.1 Å². The van der Waals surface area contributed by atoms with E-state index < -0.39 is 0 Å². The van der Waals surface area contributed by atoms with Crippen LogP contribution in [0.1, 0.15) is 5.56 Å². The predicted octanol–water partition coefficient (Wildman–Crippen LogP) is 5.35. The number of carbonyl (C=O) groups excluding carboxylic acids is 1. The Balaban J connectivity index is 1.61. The minimum atomic E-state index is -0.373. The van der Waals surface area contributed by atoms with Crippen molar-refractivity contribution in [2.24, 2.45) is 0 Å². The van der Waals surface area contributed by atoms with Crippen LogP contribution >= 0.6 is 0 Å². The van der Waals surface area contributed by atoms with Gasteiger partial charge in [-0.25, -0.2) is 4.39 Å². The smallest absolute Gasteiger partial charge is 0.246 e. The van der Waals surface area contributed by atoms with Gasteiger partial charge < -0.3 is 10.1 Å². The number of ether oxygens (including phenoxy) is 1. The number of hydrogen-bond donors (Lipinski definition) is 1. The number of aromatic nitrogens is 3. The minimum Gasteiger partial charge on any atom is -0.497 e. The van der Waals surface area contributed by atoms with E-state index >= 15 is 0 Å². The first-order chi connectivity index (χ1) is 16.0. The molecule has 0 atom stereocenters. The van der Waals surface area contributed by atoms with Crippen molar-refractivity contribution in [1.29, 1.82) is 0 Å². The van der Waals surface area contributed by atoms with Gasteiger partial charge in [0.05, 0.1) is 18.1 Å². The van der Waals surface area contributed by atoms with Gasteiger partial charge >= 0.3 is 0 Å². The molecule has 5 aromatic rings.